The number of rotatable bonds is 6. The van der Waals surface area contributed by atoms with Gasteiger partial charge in [-0.2, -0.15) is 0 Å². The maximum Gasteiger partial charge on any atom is 0.278 e. The van der Waals surface area contributed by atoms with Crippen molar-refractivity contribution in [1.82, 2.24) is 9.88 Å². The highest BCUT2D eigenvalue weighted by Gasteiger charge is 2.21. The van der Waals surface area contributed by atoms with E-state index in [2.05, 4.69) is 29.0 Å². The van der Waals surface area contributed by atoms with Crippen LogP contribution < -0.4 is 5.32 Å². The molecule has 2 heterocycles. The van der Waals surface area contributed by atoms with Gasteiger partial charge in [0.1, 0.15) is 5.52 Å². The molecule has 0 radical (unpaired) electrons. The summed E-state index contributed by atoms with van der Waals surface area (Å²) in [6, 6.07) is 6.74. The van der Waals surface area contributed by atoms with Gasteiger partial charge in [0.15, 0.2) is 0 Å². The lowest BCUT2D eigenvalue weighted by Gasteiger charge is -2.35. The minimum Gasteiger partial charge on any atom is -0.383 e. The number of fused-ring (bicyclic) bond motifs is 1. The van der Waals surface area contributed by atoms with Gasteiger partial charge in [-0.05, 0) is 38.5 Å². The zero-order valence-corrected chi connectivity index (χ0v) is 14.6. The largest absolute Gasteiger partial charge is 0.383 e. The molecule has 1 aliphatic rings. The average molecular weight is 344 g/mol. The van der Waals surface area contributed by atoms with Crippen molar-refractivity contribution in [2.24, 2.45) is 0 Å². The Balaban J connectivity index is 1.60. The molecule has 7 heteroatoms. The van der Waals surface area contributed by atoms with E-state index in [0.717, 1.165) is 38.3 Å². The second kappa shape index (κ2) is 7.76. The van der Waals surface area contributed by atoms with Crippen LogP contribution in [-0.4, -0.2) is 53.2 Å². The van der Waals surface area contributed by atoms with E-state index in [-0.39, 0.29) is 22.8 Å². The van der Waals surface area contributed by atoms with Gasteiger partial charge in [-0.25, -0.2) is 0 Å². The zero-order chi connectivity index (χ0) is 17.8. The van der Waals surface area contributed by atoms with Crippen molar-refractivity contribution in [3.05, 3.63) is 40.6 Å². The van der Waals surface area contributed by atoms with Crippen LogP contribution in [-0.2, 0) is 4.74 Å². The molecule has 0 spiro atoms. The van der Waals surface area contributed by atoms with E-state index in [4.69, 9.17) is 4.74 Å². The Morgan fingerprint density at radius 1 is 1.32 bits per heavy atom. The number of nitro groups is 1. The predicted molar refractivity (Wildman–Crippen MR) is 98.0 cm³/mol. The lowest BCUT2D eigenvalue weighted by Crippen LogP contribution is -2.45. The third-order valence-electron chi connectivity index (χ3n) is 4.41. The summed E-state index contributed by atoms with van der Waals surface area (Å²) >= 11 is 0. The number of benzene rings is 1. The zero-order valence-electron chi connectivity index (χ0n) is 14.6. The quantitative estimate of drug-likeness (QED) is 0.493. The highest BCUT2D eigenvalue weighted by Crippen LogP contribution is 2.29. The van der Waals surface area contributed by atoms with Crippen molar-refractivity contribution in [2.75, 3.05) is 31.5 Å². The average Bonchev–Trinajstić information content (AvgIpc) is 2.57. The van der Waals surface area contributed by atoms with Gasteiger partial charge in [0.05, 0.1) is 28.2 Å². The van der Waals surface area contributed by atoms with Crippen molar-refractivity contribution in [2.45, 2.75) is 32.5 Å². The molecular formula is C18H24N4O3. The van der Waals surface area contributed by atoms with Gasteiger partial charge in [0.2, 0.25) is 0 Å². The van der Waals surface area contributed by atoms with E-state index in [9.17, 15) is 10.1 Å². The van der Waals surface area contributed by atoms with Crippen LogP contribution in [0.1, 0.15) is 20.3 Å². The Labute approximate surface area is 147 Å². The first-order valence-electron chi connectivity index (χ1n) is 8.68. The van der Waals surface area contributed by atoms with Crippen LogP contribution in [0, 0.1) is 10.1 Å². The molecule has 2 unspecified atom stereocenters. The topological polar surface area (TPSA) is 80.5 Å². The van der Waals surface area contributed by atoms with Gasteiger partial charge in [-0.15, -0.1) is 0 Å². The van der Waals surface area contributed by atoms with E-state index < -0.39 is 0 Å². The summed E-state index contributed by atoms with van der Waals surface area (Å²) in [6.07, 6.45) is 3.21. The normalized spacial score (nSPS) is 21.4. The molecule has 2 atom stereocenters. The number of hydrogen-bond acceptors (Lipinski definition) is 6. The van der Waals surface area contributed by atoms with Crippen molar-refractivity contribution in [1.29, 1.82) is 0 Å². The molecule has 1 aromatic heterocycles. The van der Waals surface area contributed by atoms with Crippen LogP contribution in [0.4, 0.5) is 11.4 Å². The number of nitro benzene ring substituents is 1. The summed E-state index contributed by atoms with van der Waals surface area (Å²) < 4.78 is 5.75. The summed E-state index contributed by atoms with van der Waals surface area (Å²) in [5.41, 5.74) is 1.57. The Kier molecular flexibility index (Phi) is 5.45. The van der Waals surface area contributed by atoms with Gasteiger partial charge in [0, 0.05) is 38.4 Å². The van der Waals surface area contributed by atoms with E-state index in [1.807, 2.05) is 0 Å². The number of morpholine rings is 1. The van der Waals surface area contributed by atoms with Gasteiger partial charge in [0.25, 0.3) is 5.69 Å². The maximum absolute atomic E-state index is 11.2. The predicted octanol–water partition coefficient (Wildman–Crippen LogP) is 3.05. The number of hydrogen-bond donors (Lipinski definition) is 1. The number of ether oxygens (including phenoxy) is 1. The summed E-state index contributed by atoms with van der Waals surface area (Å²) in [4.78, 5) is 17.5. The SMILES string of the molecule is CC1CN(CCCNc2ccc([N+](=O)[O-])c3cccnc23)CC(C)O1. The molecule has 0 aliphatic carbocycles. The van der Waals surface area contributed by atoms with Crippen LogP contribution in [0.3, 0.4) is 0 Å². The van der Waals surface area contributed by atoms with E-state index in [0.29, 0.717) is 10.9 Å². The molecule has 1 fully saturated rings. The third kappa shape index (κ3) is 4.24. The number of nitrogens with zero attached hydrogens (tertiary/aromatic N) is 3. The molecule has 25 heavy (non-hydrogen) atoms. The van der Waals surface area contributed by atoms with Crippen molar-refractivity contribution >= 4 is 22.3 Å². The summed E-state index contributed by atoms with van der Waals surface area (Å²) in [5.74, 6) is 0. The molecule has 1 saturated heterocycles. The van der Waals surface area contributed by atoms with E-state index >= 15 is 0 Å². The molecule has 7 nitrogen and oxygen atoms in total. The second-order valence-electron chi connectivity index (χ2n) is 6.59. The highest BCUT2D eigenvalue weighted by molar-refractivity contribution is 5.96. The first-order chi connectivity index (χ1) is 12.0. The van der Waals surface area contributed by atoms with Crippen LogP contribution >= 0.6 is 0 Å². The number of non-ortho nitro benzene ring substituents is 1. The van der Waals surface area contributed by atoms with Crippen molar-refractivity contribution in [3.63, 3.8) is 0 Å². The molecule has 3 rings (SSSR count). The standard InChI is InChI=1S/C18H24N4O3/c1-13-11-21(12-14(2)25-13)10-4-9-19-16-6-7-17(22(23)24)15-5-3-8-20-18(15)16/h3,5-8,13-14,19H,4,9-12H2,1-2H3. The Hall–Kier alpha value is -2.25. The minimum atomic E-state index is -0.367. The fourth-order valence-corrected chi connectivity index (χ4v) is 3.45. The summed E-state index contributed by atoms with van der Waals surface area (Å²) in [6.45, 7) is 7.94. The first-order valence-corrected chi connectivity index (χ1v) is 8.68. The van der Waals surface area contributed by atoms with Gasteiger partial charge >= 0.3 is 0 Å². The Bertz CT molecular complexity index is 742. The summed E-state index contributed by atoms with van der Waals surface area (Å²) in [7, 11) is 0. The second-order valence-corrected chi connectivity index (χ2v) is 6.59. The fraction of sp³-hybridized carbons (Fsp3) is 0.500. The maximum atomic E-state index is 11.2. The van der Waals surface area contributed by atoms with Crippen LogP contribution in [0.15, 0.2) is 30.5 Å². The first kappa shape index (κ1) is 17.6. The minimum absolute atomic E-state index is 0.0879. The number of nitrogens with one attached hydrogen (secondary N) is 1. The third-order valence-corrected chi connectivity index (χ3v) is 4.41. The lowest BCUT2D eigenvalue weighted by molar-refractivity contribution is -0.383. The molecule has 134 valence electrons. The number of anilines is 1. The molecule has 1 N–H and O–H groups in total. The molecular weight excluding hydrogens is 320 g/mol. The van der Waals surface area contributed by atoms with E-state index in [1.54, 1.807) is 24.4 Å². The van der Waals surface area contributed by atoms with Gasteiger partial charge < -0.3 is 10.1 Å². The van der Waals surface area contributed by atoms with Crippen LogP contribution in [0.2, 0.25) is 0 Å². The molecule has 0 saturated carbocycles. The molecule has 1 aliphatic heterocycles. The fourth-order valence-electron chi connectivity index (χ4n) is 3.45. The molecule has 0 bridgehead atoms. The number of aromatic nitrogens is 1. The molecule has 0 amide bonds. The Morgan fingerprint density at radius 2 is 2.08 bits per heavy atom. The highest BCUT2D eigenvalue weighted by atomic mass is 16.6. The molecule has 2 aromatic rings. The molecule has 1 aromatic carbocycles. The smallest absolute Gasteiger partial charge is 0.278 e. The van der Waals surface area contributed by atoms with Crippen LogP contribution in [0.25, 0.3) is 10.9 Å². The van der Waals surface area contributed by atoms with E-state index in [1.165, 1.54) is 6.07 Å². The van der Waals surface area contributed by atoms with Gasteiger partial charge in [-0.3, -0.25) is 20.0 Å². The Morgan fingerprint density at radius 3 is 2.80 bits per heavy atom. The van der Waals surface area contributed by atoms with Crippen molar-refractivity contribution in [3.8, 4) is 0 Å². The summed E-state index contributed by atoms with van der Waals surface area (Å²) in [5, 5.41) is 15.1. The van der Waals surface area contributed by atoms with Crippen LogP contribution in [0.5, 0.6) is 0 Å². The number of pyridine rings is 1. The lowest BCUT2D eigenvalue weighted by atomic mass is 10.1. The monoisotopic (exact) mass is 344 g/mol. The van der Waals surface area contributed by atoms with Gasteiger partial charge in [-0.1, -0.05) is 0 Å². The van der Waals surface area contributed by atoms with Crippen molar-refractivity contribution < 1.29 is 9.66 Å².